The minimum atomic E-state index is -0.701. The zero-order valence-electron chi connectivity index (χ0n) is 10.6. The Bertz CT molecular complexity index is 365. The maximum atomic E-state index is 10.2. The highest BCUT2D eigenvalue weighted by molar-refractivity contribution is 5.46. The molecule has 1 aromatic rings. The molecule has 1 aromatic heterocycles. The van der Waals surface area contributed by atoms with Gasteiger partial charge in [0.05, 0.1) is 5.60 Å². The van der Waals surface area contributed by atoms with Crippen LogP contribution in [0.25, 0.3) is 0 Å². The molecule has 0 amide bonds. The zero-order chi connectivity index (χ0) is 12.9. The van der Waals surface area contributed by atoms with Gasteiger partial charge >= 0.3 is 0 Å². The van der Waals surface area contributed by atoms with Crippen molar-refractivity contribution < 1.29 is 5.11 Å². The van der Waals surface area contributed by atoms with Gasteiger partial charge in [-0.05, 0) is 19.8 Å². The maximum Gasteiger partial charge on any atom is 0.239 e. The second kappa shape index (κ2) is 5.79. The molecule has 0 aliphatic heterocycles. The molecule has 0 aromatic carbocycles. The molecule has 5 N–H and O–H groups in total. The van der Waals surface area contributed by atoms with Crippen LogP contribution in [-0.2, 0) is 0 Å². The van der Waals surface area contributed by atoms with E-state index in [4.69, 9.17) is 5.84 Å². The number of aryl methyl sites for hydroxylation is 1. The lowest BCUT2D eigenvalue weighted by Gasteiger charge is -2.26. The molecule has 0 spiro atoms. The van der Waals surface area contributed by atoms with E-state index in [0.29, 0.717) is 31.2 Å². The van der Waals surface area contributed by atoms with Crippen LogP contribution in [-0.4, -0.2) is 27.2 Å². The molecule has 6 heteroatoms. The Balaban J connectivity index is 2.74. The van der Waals surface area contributed by atoms with Crippen LogP contribution in [0.1, 0.15) is 32.3 Å². The van der Waals surface area contributed by atoms with E-state index in [9.17, 15) is 5.11 Å². The van der Waals surface area contributed by atoms with Crippen LogP contribution in [0, 0.1) is 6.92 Å². The lowest BCUT2D eigenvalue weighted by Crippen LogP contribution is -2.35. The van der Waals surface area contributed by atoms with Crippen LogP contribution in [0.4, 0.5) is 11.8 Å². The van der Waals surface area contributed by atoms with Gasteiger partial charge in [-0.2, -0.15) is 4.98 Å². The molecule has 0 saturated heterocycles. The van der Waals surface area contributed by atoms with Gasteiger partial charge in [0.15, 0.2) is 0 Å². The van der Waals surface area contributed by atoms with E-state index in [1.165, 1.54) is 0 Å². The third-order valence-corrected chi connectivity index (χ3v) is 3.00. The van der Waals surface area contributed by atoms with E-state index in [2.05, 4.69) is 20.7 Å². The summed E-state index contributed by atoms with van der Waals surface area (Å²) in [6, 6.07) is 0. The number of nitrogen functional groups attached to an aromatic ring is 1. The summed E-state index contributed by atoms with van der Waals surface area (Å²) in [7, 11) is 0. The number of hydrazine groups is 1. The molecule has 0 fully saturated rings. The molecular formula is C11H21N5O. The third kappa shape index (κ3) is 3.54. The minimum Gasteiger partial charge on any atom is -0.388 e. The molecule has 1 heterocycles. The van der Waals surface area contributed by atoms with Gasteiger partial charge < -0.3 is 10.4 Å². The van der Waals surface area contributed by atoms with Gasteiger partial charge in [-0.1, -0.05) is 13.8 Å². The van der Waals surface area contributed by atoms with Gasteiger partial charge in [0.1, 0.15) is 5.82 Å². The molecule has 0 atom stereocenters. The summed E-state index contributed by atoms with van der Waals surface area (Å²) in [6.45, 7) is 6.29. The number of rotatable bonds is 6. The van der Waals surface area contributed by atoms with E-state index >= 15 is 0 Å². The van der Waals surface area contributed by atoms with Crippen LogP contribution in [0.2, 0.25) is 0 Å². The fourth-order valence-corrected chi connectivity index (χ4v) is 1.44. The number of nitrogens with one attached hydrogen (secondary N) is 2. The number of aromatic nitrogens is 2. The first-order valence-electron chi connectivity index (χ1n) is 5.81. The number of hydrogen-bond donors (Lipinski definition) is 4. The number of anilines is 2. The Hall–Kier alpha value is -1.40. The SMILES string of the molecule is CCC(O)(CC)CNc1nc(NN)ncc1C. The van der Waals surface area contributed by atoms with Gasteiger partial charge in [0.2, 0.25) is 5.95 Å². The van der Waals surface area contributed by atoms with Crippen molar-refractivity contribution in [3.8, 4) is 0 Å². The van der Waals surface area contributed by atoms with Crippen molar-refractivity contribution in [3.05, 3.63) is 11.8 Å². The van der Waals surface area contributed by atoms with Crippen molar-refractivity contribution in [2.75, 3.05) is 17.3 Å². The van der Waals surface area contributed by atoms with E-state index in [1.54, 1.807) is 6.20 Å². The molecule has 17 heavy (non-hydrogen) atoms. The normalized spacial score (nSPS) is 11.4. The van der Waals surface area contributed by atoms with E-state index in [0.717, 1.165) is 5.56 Å². The molecule has 6 nitrogen and oxygen atoms in total. The second-order valence-corrected chi connectivity index (χ2v) is 4.15. The van der Waals surface area contributed by atoms with Gasteiger partial charge in [-0.25, -0.2) is 10.8 Å². The van der Waals surface area contributed by atoms with Crippen molar-refractivity contribution in [2.45, 2.75) is 39.2 Å². The summed E-state index contributed by atoms with van der Waals surface area (Å²) in [5, 5.41) is 13.3. The van der Waals surface area contributed by atoms with Gasteiger partial charge in [0.25, 0.3) is 0 Å². The average Bonchev–Trinajstić information content (AvgIpc) is 2.37. The average molecular weight is 239 g/mol. The maximum absolute atomic E-state index is 10.2. The summed E-state index contributed by atoms with van der Waals surface area (Å²) in [4.78, 5) is 8.19. The Labute approximate surface area is 102 Å². The summed E-state index contributed by atoms with van der Waals surface area (Å²) in [5.74, 6) is 6.30. The molecule has 1 rings (SSSR count). The highest BCUT2D eigenvalue weighted by Crippen LogP contribution is 2.17. The third-order valence-electron chi connectivity index (χ3n) is 3.00. The van der Waals surface area contributed by atoms with Crippen LogP contribution in [0.5, 0.6) is 0 Å². The zero-order valence-corrected chi connectivity index (χ0v) is 10.6. The smallest absolute Gasteiger partial charge is 0.239 e. The van der Waals surface area contributed by atoms with Crippen molar-refractivity contribution in [1.82, 2.24) is 9.97 Å². The molecule has 0 aliphatic carbocycles. The largest absolute Gasteiger partial charge is 0.388 e. The summed E-state index contributed by atoms with van der Waals surface area (Å²) < 4.78 is 0. The molecular weight excluding hydrogens is 218 g/mol. The topological polar surface area (TPSA) is 96.1 Å². The lowest BCUT2D eigenvalue weighted by molar-refractivity contribution is 0.0456. The molecule has 0 bridgehead atoms. The van der Waals surface area contributed by atoms with Crippen molar-refractivity contribution >= 4 is 11.8 Å². The monoisotopic (exact) mass is 239 g/mol. The van der Waals surface area contributed by atoms with Crippen molar-refractivity contribution in [3.63, 3.8) is 0 Å². The minimum absolute atomic E-state index is 0.356. The van der Waals surface area contributed by atoms with Crippen molar-refractivity contribution in [1.29, 1.82) is 0 Å². The van der Waals surface area contributed by atoms with Crippen LogP contribution in [0.15, 0.2) is 6.20 Å². The predicted octanol–water partition coefficient (Wildman–Crippen LogP) is 1.03. The highest BCUT2D eigenvalue weighted by atomic mass is 16.3. The number of aliphatic hydroxyl groups is 1. The van der Waals surface area contributed by atoms with Crippen LogP contribution >= 0.6 is 0 Å². The highest BCUT2D eigenvalue weighted by Gasteiger charge is 2.22. The molecule has 0 aliphatic rings. The van der Waals surface area contributed by atoms with E-state index in [-0.39, 0.29) is 0 Å². The Morgan fingerprint density at radius 1 is 1.41 bits per heavy atom. The quantitative estimate of drug-likeness (QED) is 0.437. The Morgan fingerprint density at radius 3 is 2.59 bits per heavy atom. The summed E-state index contributed by atoms with van der Waals surface area (Å²) >= 11 is 0. The standard InChI is InChI=1S/C11H21N5O/c1-4-11(17,5-2)7-14-9-8(3)6-13-10(15-9)16-12/h6,17H,4-5,7,12H2,1-3H3,(H2,13,14,15,16). The molecule has 96 valence electrons. The Morgan fingerprint density at radius 2 is 2.06 bits per heavy atom. The second-order valence-electron chi connectivity index (χ2n) is 4.15. The first-order valence-corrected chi connectivity index (χ1v) is 5.81. The fraction of sp³-hybridized carbons (Fsp3) is 0.636. The summed E-state index contributed by atoms with van der Waals surface area (Å²) in [6.07, 6.45) is 3.08. The number of hydrogen-bond acceptors (Lipinski definition) is 6. The van der Waals surface area contributed by atoms with E-state index in [1.807, 2.05) is 20.8 Å². The van der Waals surface area contributed by atoms with E-state index < -0.39 is 5.60 Å². The predicted molar refractivity (Wildman–Crippen MR) is 68.6 cm³/mol. The first kappa shape index (κ1) is 13.7. The van der Waals surface area contributed by atoms with Crippen LogP contribution in [0.3, 0.4) is 0 Å². The lowest BCUT2D eigenvalue weighted by atomic mass is 9.97. The van der Waals surface area contributed by atoms with Gasteiger partial charge in [-0.15, -0.1) is 0 Å². The van der Waals surface area contributed by atoms with Crippen LogP contribution < -0.4 is 16.6 Å². The van der Waals surface area contributed by atoms with Gasteiger partial charge in [0, 0.05) is 18.3 Å². The fourth-order valence-electron chi connectivity index (χ4n) is 1.44. The Kier molecular flexibility index (Phi) is 4.65. The number of nitrogens with two attached hydrogens (primary N) is 1. The summed E-state index contributed by atoms with van der Waals surface area (Å²) in [5.41, 5.74) is 2.61. The number of nitrogens with zero attached hydrogens (tertiary/aromatic N) is 2. The molecule has 0 saturated carbocycles. The van der Waals surface area contributed by atoms with Crippen molar-refractivity contribution in [2.24, 2.45) is 5.84 Å². The first-order chi connectivity index (χ1) is 8.04. The molecule has 0 radical (unpaired) electrons. The molecule has 0 unspecified atom stereocenters. The van der Waals surface area contributed by atoms with Gasteiger partial charge in [-0.3, -0.25) is 5.43 Å².